The largest absolute Gasteiger partial charge is 0.481 e. The van der Waals surface area contributed by atoms with Gasteiger partial charge in [-0.3, -0.25) is 9.59 Å². The molecule has 4 nitrogen and oxygen atoms in total. The van der Waals surface area contributed by atoms with E-state index >= 15 is 0 Å². The first-order valence-corrected chi connectivity index (χ1v) is 5.48. The van der Waals surface area contributed by atoms with Gasteiger partial charge >= 0.3 is 0 Å². The minimum absolute atomic E-state index is 0.266. The number of aryl methyl sites for hydroxylation is 1. The molecule has 0 bridgehead atoms. The Morgan fingerprint density at radius 2 is 1.71 bits per heavy atom. The fourth-order valence-electron chi connectivity index (χ4n) is 1.19. The second-order valence-corrected chi connectivity index (χ2v) is 4.03. The molecule has 0 unspecified atom stereocenters. The topological polar surface area (TPSA) is 52.6 Å². The molecule has 6 heteroatoms. The quantitative estimate of drug-likeness (QED) is 0.748. The van der Waals surface area contributed by atoms with E-state index in [2.05, 4.69) is 0 Å². The maximum absolute atomic E-state index is 10.6. The third kappa shape index (κ3) is 4.63. The Morgan fingerprint density at radius 1 is 1.12 bits per heavy atom. The first-order chi connectivity index (χ1) is 8.00. The molecule has 1 rings (SSSR count). The highest BCUT2D eigenvalue weighted by molar-refractivity contribution is 6.64. The number of hydrogen-bond donors (Lipinski definition) is 0. The minimum Gasteiger partial charge on any atom is -0.481 e. The Bertz CT molecular complexity index is 431. The molecular weight excluding hydrogens is 267 g/mol. The Balaban J connectivity index is 2.83. The molecule has 0 aliphatic rings. The molecule has 0 atom stereocenters. The maximum Gasteiger partial charge on any atom is 0.259 e. The first-order valence-electron chi connectivity index (χ1n) is 4.72. The molecule has 0 N–H and O–H groups in total. The smallest absolute Gasteiger partial charge is 0.259 e. The summed E-state index contributed by atoms with van der Waals surface area (Å²) >= 11 is 10.3. The van der Waals surface area contributed by atoms with Crippen LogP contribution < -0.4 is 9.47 Å². The fourth-order valence-corrected chi connectivity index (χ4v) is 1.30. The van der Waals surface area contributed by atoms with Crippen molar-refractivity contribution >= 4 is 33.7 Å². The summed E-state index contributed by atoms with van der Waals surface area (Å²) in [6, 6.07) is 5.13. The van der Waals surface area contributed by atoms with Crippen LogP contribution >= 0.6 is 23.2 Å². The van der Waals surface area contributed by atoms with Crippen LogP contribution in [0.3, 0.4) is 0 Å². The van der Waals surface area contributed by atoms with Gasteiger partial charge in [-0.1, -0.05) is 12.1 Å². The van der Waals surface area contributed by atoms with Gasteiger partial charge in [0.1, 0.15) is 0 Å². The molecular formula is C11H10Cl2O4. The van der Waals surface area contributed by atoms with Crippen LogP contribution in [0.2, 0.25) is 0 Å². The molecule has 17 heavy (non-hydrogen) atoms. The summed E-state index contributed by atoms with van der Waals surface area (Å²) in [6.45, 7) is 1.25. The van der Waals surface area contributed by atoms with Gasteiger partial charge in [0.25, 0.3) is 10.5 Å². The van der Waals surface area contributed by atoms with E-state index in [4.69, 9.17) is 32.7 Å². The zero-order chi connectivity index (χ0) is 12.8. The lowest BCUT2D eigenvalue weighted by Gasteiger charge is -2.12. The number of carbonyl (C=O) groups is 2. The SMILES string of the molecule is Cc1cccc(OCC(=O)Cl)c1OCC(=O)Cl. The Hall–Kier alpha value is -1.26. The van der Waals surface area contributed by atoms with Crippen LogP contribution in [-0.2, 0) is 9.59 Å². The Kier molecular flexibility index (Phi) is 5.25. The molecule has 92 valence electrons. The van der Waals surface area contributed by atoms with Gasteiger partial charge in [-0.25, -0.2) is 0 Å². The highest BCUT2D eigenvalue weighted by atomic mass is 35.5. The van der Waals surface area contributed by atoms with E-state index in [1.54, 1.807) is 25.1 Å². The average molecular weight is 277 g/mol. The monoisotopic (exact) mass is 276 g/mol. The van der Waals surface area contributed by atoms with Crippen molar-refractivity contribution in [2.45, 2.75) is 6.92 Å². The fraction of sp³-hybridized carbons (Fsp3) is 0.273. The summed E-state index contributed by atoms with van der Waals surface area (Å²) in [7, 11) is 0. The van der Waals surface area contributed by atoms with Crippen molar-refractivity contribution in [3.63, 3.8) is 0 Å². The van der Waals surface area contributed by atoms with Crippen molar-refractivity contribution in [1.29, 1.82) is 0 Å². The molecule has 0 amide bonds. The van der Waals surface area contributed by atoms with Gasteiger partial charge in [0, 0.05) is 0 Å². The molecule has 0 aromatic heterocycles. The van der Waals surface area contributed by atoms with Crippen molar-refractivity contribution < 1.29 is 19.1 Å². The van der Waals surface area contributed by atoms with E-state index in [0.717, 1.165) is 5.56 Å². The van der Waals surface area contributed by atoms with Gasteiger partial charge in [0.05, 0.1) is 0 Å². The standard InChI is InChI=1S/C11H10Cl2O4/c1-7-3-2-4-8(16-5-9(12)14)11(7)17-6-10(13)15/h2-4H,5-6H2,1H3. The number of rotatable bonds is 6. The Morgan fingerprint density at radius 3 is 2.29 bits per heavy atom. The number of para-hydroxylation sites is 1. The summed E-state index contributed by atoms with van der Waals surface area (Å²) in [5.74, 6) is 0.719. The molecule has 0 aliphatic heterocycles. The third-order valence-corrected chi connectivity index (χ3v) is 2.07. The van der Waals surface area contributed by atoms with Gasteiger partial charge in [-0.15, -0.1) is 0 Å². The van der Waals surface area contributed by atoms with Crippen LogP contribution in [-0.4, -0.2) is 23.7 Å². The first kappa shape index (κ1) is 13.8. The number of halogens is 2. The van der Waals surface area contributed by atoms with Crippen LogP contribution in [0.4, 0.5) is 0 Å². The summed E-state index contributed by atoms with van der Waals surface area (Å²) in [5.41, 5.74) is 0.766. The number of hydrogen-bond acceptors (Lipinski definition) is 4. The van der Waals surface area contributed by atoms with E-state index in [1.807, 2.05) is 0 Å². The third-order valence-electron chi connectivity index (χ3n) is 1.85. The van der Waals surface area contributed by atoms with Crippen LogP contribution in [0.15, 0.2) is 18.2 Å². The van der Waals surface area contributed by atoms with Gasteiger partial charge in [0.2, 0.25) is 0 Å². The number of carbonyl (C=O) groups excluding carboxylic acids is 2. The van der Waals surface area contributed by atoms with Crippen LogP contribution in [0.1, 0.15) is 5.56 Å². The Labute approximate surface area is 108 Å². The summed E-state index contributed by atoms with van der Waals surface area (Å²) in [4.78, 5) is 21.2. The summed E-state index contributed by atoms with van der Waals surface area (Å²) in [6.07, 6.45) is 0. The lowest BCUT2D eigenvalue weighted by Crippen LogP contribution is -2.09. The predicted octanol–water partition coefficient (Wildman–Crippen LogP) is 2.28. The van der Waals surface area contributed by atoms with Crippen LogP contribution in [0, 0.1) is 6.92 Å². The molecule has 1 aromatic rings. The molecule has 0 saturated carbocycles. The molecule has 0 heterocycles. The van der Waals surface area contributed by atoms with E-state index < -0.39 is 10.5 Å². The van der Waals surface area contributed by atoms with E-state index in [1.165, 1.54) is 0 Å². The molecule has 0 spiro atoms. The lowest BCUT2D eigenvalue weighted by atomic mass is 10.2. The zero-order valence-electron chi connectivity index (χ0n) is 9.04. The normalized spacial score (nSPS) is 9.82. The predicted molar refractivity (Wildman–Crippen MR) is 63.9 cm³/mol. The zero-order valence-corrected chi connectivity index (χ0v) is 10.5. The van der Waals surface area contributed by atoms with Crippen molar-refractivity contribution in [2.75, 3.05) is 13.2 Å². The van der Waals surface area contributed by atoms with Crippen molar-refractivity contribution in [1.82, 2.24) is 0 Å². The van der Waals surface area contributed by atoms with E-state index in [9.17, 15) is 9.59 Å². The van der Waals surface area contributed by atoms with Gasteiger partial charge < -0.3 is 9.47 Å². The molecule has 0 radical (unpaired) electrons. The lowest BCUT2D eigenvalue weighted by molar-refractivity contribution is -0.114. The summed E-state index contributed by atoms with van der Waals surface area (Å²) in [5, 5.41) is -1.24. The molecule has 0 fully saturated rings. The van der Waals surface area contributed by atoms with E-state index in [-0.39, 0.29) is 13.2 Å². The van der Waals surface area contributed by atoms with Crippen molar-refractivity contribution in [2.24, 2.45) is 0 Å². The second kappa shape index (κ2) is 6.47. The second-order valence-electron chi connectivity index (χ2n) is 3.19. The minimum atomic E-state index is -0.620. The molecule has 1 aromatic carbocycles. The average Bonchev–Trinajstić information content (AvgIpc) is 2.24. The van der Waals surface area contributed by atoms with Crippen molar-refractivity contribution in [3.05, 3.63) is 23.8 Å². The van der Waals surface area contributed by atoms with Crippen LogP contribution in [0.25, 0.3) is 0 Å². The highest BCUT2D eigenvalue weighted by Crippen LogP contribution is 2.30. The summed E-state index contributed by atoms with van der Waals surface area (Å²) < 4.78 is 10.4. The van der Waals surface area contributed by atoms with Gasteiger partial charge in [-0.2, -0.15) is 0 Å². The number of ether oxygens (including phenoxy) is 2. The van der Waals surface area contributed by atoms with Crippen LogP contribution in [0.5, 0.6) is 11.5 Å². The maximum atomic E-state index is 10.6. The molecule has 0 saturated heterocycles. The van der Waals surface area contributed by atoms with Crippen molar-refractivity contribution in [3.8, 4) is 11.5 Å². The molecule has 0 aliphatic carbocycles. The van der Waals surface area contributed by atoms with Gasteiger partial charge in [-0.05, 0) is 41.8 Å². The van der Waals surface area contributed by atoms with E-state index in [0.29, 0.717) is 11.5 Å². The van der Waals surface area contributed by atoms with Gasteiger partial charge in [0.15, 0.2) is 24.7 Å². The number of benzene rings is 1. The highest BCUT2D eigenvalue weighted by Gasteiger charge is 2.10.